The van der Waals surface area contributed by atoms with Gasteiger partial charge in [0.2, 0.25) is 5.91 Å². The highest BCUT2D eigenvalue weighted by molar-refractivity contribution is 6.37. The maximum Gasteiger partial charge on any atom is 0.257 e. The van der Waals surface area contributed by atoms with Crippen LogP contribution < -0.4 is 10.1 Å². The largest absolute Gasteiger partial charge is 0.494 e. The monoisotopic (exact) mass is 360 g/mol. The van der Waals surface area contributed by atoms with Gasteiger partial charge in [0.05, 0.1) is 30.4 Å². The van der Waals surface area contributed by atoms with E-state index in [0.717, 1.165) is 0 Å². The van der Waals surface area contributed by atoms with Gasteiger partial charge in [-0.05, 0) is 19.1 Å². The Morgan fingerprint density at radius 3 is 2.48 bits per heavy atom. The minimum atomic E-state index is -0.694. The number of amides is 2. The Morgan fingerprint density at radius 1 is 1.26 bits per heavy atom. The van der Waals surface area contributed by atoms with Crippen molar-refractivity contribution in [2.45, 2.75) is 13.0 Å². The van der Waals surface area contributed by atoms with Crippen LogP contribution in [0, 0.1) is 0 Å². The van der Waals surface area contributed by atoms with Gasteiger partial charge in [-0.25, -0.2) is 0 Å². The number of hydrogen-bond donors (Lipinski definition) is 1. The summed E-state index contributed by atoms with van der Waals surface area (Å²) in [6, 6.07) is 2.36. The third-order valence-electron chi connectivity index (χ3n) is 3.53. The average Bonchev–Trinajstić information content (AvgIpc) is 2.56. The summed E-state index contributed by atoms with van der Waals surface area (Å²) in [7, 11) is 1.40. The summed E-state index contributed by atoms with van der Waals surface area (Å²) in [5.74, 6) is -0.495. The lowest BCUT2D eigenvalue weighted by molar-refractivity contribution is -0.136. The smallest absolute Gasteiger partial charge is 0.257 e. The molecule has 1 aliphatic heterocycles. The highest BCUT2D eigenvalue weighted by atomic mass is 35.5. The molecule has 0 aliphatic carbocycles. The van der Waals surface area contributed by atoms with Crippen LogP contribution in [-0.2, 0) is 9.53 Å². The maximum absolute atomic E-state index is 12.5. The second kappa shape index (κ2) is 7.86. The molecule has 6 nitrogen and oxygen atoms in total. The fourth-order valence-corrected chi connectivity index (χ4v) is 2.80. The predicted molar refractivity (Wildman–Crippen MR) is 87.3 cm³/mol. The molecule has 126 valence electrons. The zero-order valence-electron chi connectivity index (χ0n) is 12.9. The topological polar surface area (TPSA) is 67.9 Å². The van der Waals surface area contributed by atoms with Crippen molar-refractivity contribution in [1.82, 2.24) is 10.2 Å². The Hall–Kier alpha value is -1.50. The van der Waals surface area contributed by atoms with Gasteiger partial charge in [-0.15, -0.1) is 0 Å². The van der Waals surface area contributed by atoms with E-state index >= 15 is 0 Å². The highest BCUT2D eigenvalue weighted by Gasteiger charge is 2.26. The van der Waals surface area contributed by atoms with E-state index < -0.39 is 11.9 Å². The number of carbonyl (C=O) groups excluding carboxylic acids is 2. The molecule has 1 aromatic rings. The number of methoxy groups -OCH3 is 1. The molecule has 0 unspecified atom stereocenters. The van der Waals surface area contributed by atoms with Gasteiger partial charge in [-0.1, -0.05) is 23.2 Å². The summed E-state index contributed by atoms with van der Waals surface area (Å²) in [6.45, 7) is 3.65. The van der Waals surface area contributed by atoms with E-state index in [2.05, 4.69) is 5.32 Å². The van der Waals surface area contributed by atoms with Crippen molar-refractivity contribution in [3.8, 4) is 5.75 Å². The third kappa shape index (κ3) is 4.07. The number of benzene rings is 1. The van der Waals surface area contributed by atoms with E-state index in [1.165, 1.54) is 13.2 Å². The van der Waals surface area contributed by atoms with Crippen LogP contribution in [0.1, 0.15) is 17.3 Å². The van der Waals surface area contributed by atoms with Gasteiger partial charge in [0.15, 0.2) is 5.75 Å². The molecule has 1 aromatic carbocycles. The Bertz CT molecular complexity index is 603. The lowest BCUT2D eigenvalue weighted by atomic mass is 10.1. The quantitative estimate of drug-likeness (QED) is 0.891. The number of rotatable bonds is 4. The Morgan fingerprint density at radius 2 is 1.87 bits per heavy atom. The summed E-state index contributed by atoms with van der Waals surface area (Å²) < 4.78 is 10.4. The predicted octanol–water partition coefficient (Wildman–Crippen LogP) is 1.98. The summed E-state index contributed by atoms with van der Waals surface area (Å²) in [5, 5.41) is 3.12. The first-order valence-electron chi connectivity index (χ1n) is 7.15. The molecule has 1 heterocycles. The van der Waals surface area contributed by atoms with Crippen molar-refractivity contribution >= 4 is 35.0 Å². The SMILES string of the molecule is COc1c(Cl)ccc(Cl)c1C(=O)N[C@@H](C)C(=O)N1CCOCC1. The number of hydrogen-bond acceptors (Lipinski definition) is 4. The van der Waals surface area contributed by atoms with Crippen LogP contribution >= 0.6 is 23.2 Å². The maximum atomic E-state index is 12.5. The second-order valence-corrected chi connectivity index (χ2v) is 5.88. The molecule has 8 heteroatoms. The molecule has 1 fully saturated rings. The lowest BCUT2D eigenvalue weighted by Gasteiger charge is -2.29. The molecule has 0 bridgehead atoms. The van der Waals surface area contributed by atoms with Gasteiger partial charge >= 0.3 is 0 Å². The molecule has 0 saturated carbocycles. The van der Waals surface area contributed by atoms with Gasteiger partial charge < -0.3 is 19.7 Å². The molecular weight excluding hydrogens is 343 g/mol. The van der Waals surface area contributed by atoms with Crippen LogP contribution in [0.25, 0.3) is 0 Å². The van der Waals surface area contributed by atoms with Gasteiger partial charge in [0.25, 0.3) is 5.91 Å². The van der Waals surface area contributed by atoms with E-state index in [0.29, 0.717) is 26.3 Å². The van der Waals surface area contributed by atoms with Crippen LogP contribution in [0.3, 0.4) is 0 Å². The minimum Gasteiger partial charge on any atom is -0.494 e. The normalized spacial score (nSPS) is 15.9. The summed E-state index contributed by atoms with van der Waals surface area (Å²) in [6.07, 6.45) is 0. The first-order chi connectivity index (χ1) is 11.0. The van der Waals surface area contributed by atoms with Crippen molar-refractivity contribution in [3.63, 3.8) is 0 Å². The fraction of sp³-hybridized carbons (Fsp3) is 0.467. The van der Waals surface area contributed by atoms with E-state index in [1.807, 2.05) is 0 Å². The van der Waals surface area contributed by atoms with E-state index in [4.69, 9.17) is 32.7 Å². The first-order valence-corrected chi connectivity index (χ1v) is 7.90. The van der Waals surface area contributed by atoms with Gasteiger partial charge in [0.1, 0.15) is 11.6 Å². The molecule has 2 amide bonds. The van der Waals surface area contributed by atoms with Gasteiger partial charge in [0, 0.05) is 13.1 Å². The van der Waals surface area contributed by atoms with Crippen LogP contribution in [0.4, 0.5) is 0 Å². The summed E-state index contributed by atoms with van der Waals surface area (Å²) >= 11 is 12.1. The van der Waals surface area contributed by atoms with Crippen molar-refractivity contribution in [1.29, 1.82) is 0 Å². The molecule has 0 radical (unpaired) electrons. The molecule has 0 aromatic heterocycles. The van der Waals surface area contributed by atoms with Crippen molar-refractivity contribution < 1.29 is 19.1 Å². The zero-order chi connectivity index (χ0) is 17.0. The molecule has 1 N–H and O–H groups in total. The summed E-state index contributed by atoms with van der Waals surface area (Å²) in [4.78, 5) is 26.5. The van der Waals surface area contributed by atoms with Crippen LogP contribution in [0.2, 0.25) is 10.0 Å². The molecule has 0 spiro atoms. The third-order valence-corrected chi connectivity index (χ3v) is 4.14. The van der Waals surface area contributed by atoms with Gasteiger partial charge in [-0.3, -0.25) is 9.59 Å². The standard InChI is InChI=1S/C15H18Cl2N2O4/c1-9(15(21)19-5-7-23-8-6-19)18-14(20)12-10(16)3-4-11(17)13(12)22-2/h3-4,9H,5-8H2,1-2H3,(H,18,20)/t9-/m0/s1. The van der Waals surface area contributed by atoms with E-state index in [-0.39, 0.29) is 27.3 Å². The van der Waals surface area contributed by atoms with Gasteiger partial charge in [-0.2, -0.15) is 0 Å². The molecular formula is C15H18Cl2N2O4. The molecule has 23 heavy (non-hydrogen) atoms. The fourth-order valence-electron chi connectivity index (χ4n) is 2.33. The summed E-state index contributed by atoms with van der Waals surface area (Å²) in [5.41, 5.74) is 0.114. The van der Waals surface area contributed by atoms with Crippen molar-refractivity contribution in [2.75, 3.05) is 33.4 Å². The highest BCUT2D eigenvalue weighted by Crippen LogP contribution is 2.33. The number of morpholine rings is 1. The molecule has 2 rings (SSSR count). The Balaban J connectivity index is 2.12. The zero-order valence-corrected chi connectivity index (χ0v) is 14.4. The molecule has 1 saturated heterocycles. The minimum absolute atomic E-state index is 0.114. The second-order valence-electron chi connectivity index (χ2n) is 5.07. The number of halogens is 2. The van der Waals surface area contributed by atoms with Crippen LogP contribution in [-0.4, -0.2) is 56.2 Å². The van der Waals surface area contributed by atoms with E-state index in [1.54, 1.807) is 17.9 Å². The number of nitrogens with one attached hydrogen (secondary N) is 1. The van der Waals surface area contributed by atoms with Crippen LogP contribution in [0.5, 0.6) is 5.75 Å². The number of ether oxygens (including phenoxy) is 2. The van der Waals surface area contributed by atoms with E-state index in [9.17, 15) is 9.59 Å². The first kappa shape index (κ1) is 17.8. The Labute approximate surface area is 144 Å². The number of carbonyl (C=O) groups is 2. The lowest BCUT2D eigenvalue weighted by Crippen LogP contribution is -2.50. The molecule has 1 aliphatic rings. The van der Waals surface area contributed by atoms with Crippen LogP contribution in [0.15, 0.2) is 12.1 Å². The number of nitrogens with zero attached hydrogens (tertiary/aromatic N) is 1. The Kier molecular flexibility index (Phi) is 6.10. The van der Waals surface area contributed by atoms with Crippen molar-refractivity contribution in [3.05, 3.63) is 27.7 Å². The average molecular weight is 361 g/mol. The molecule has 1 atom stereocenters. The van der Waals surface area contributed by atoms with Crippen molar-refractivity contribution in [2.24, 2.45) is 0 Å².